The molecule has 1 unspecified atom stereocenters. The van der Waals surface area contributed by atoms with Crippen LogP contribution in [0.3, 0.4) is 0 Å². The Balaban J connectivity index is 1.83. The van der Waals surface area contributed by atoms with E-state index in [4.69, 9.17) is 19.6 Å². The number of allylic oxidation sites excluding steroid dienone is 1. The molecule has 0 aliphatic carbocycles. The summed E-state index contributed by atoms with van der Waals surface area (Å²) in [4.78, 5) is 20.8. The van der Waals surface area contributed by atoms with Gasteiger partial charge >= 0.3 is 0 Å². The fraction of sp³-hybridized carbons (Fsp3) is 0.348. The Morgan fingerprint density at radius 1 is 1.39 bits per heavy atom. The number of fused-ring (bicyclic) bond motifs is 1. The van der Waals surface area contributed by atoms with Crippen LogP contribution in [0.2, 0.25) is 0 Å². The molecule has 31 heavy (non-hydrogen) atoms. The summed E-state index contributed by atoms with van der Waals surface area (Å²) in [6.07, 6.45) is 6.26. The SMILES string of the molecule is CC(=O)Nc1cc2c(-c3cc(O/C(C)=C/CO)cc(C4CCOC4)n3)cn(C)c2cn1. The number of amides is 1. The second-order valence-corrected chi connectivity index (χ2v) is 7.69. The molecule has 0 bridgehead atoms. The summed E-state index contributed by atoms with van der Waals surface area (Å²) in [6, 6.07) is 5.69. The third-order valence-corrected chi connectivity index (χ3v) is 5.28. The van der Waals surface area contributed by atoms with Gasteiger partial charge in [0.15, 0.2) is 0 Å². The lowest BCUT2D eigenvalue weighted by atomic mass is 10.0. The minimum absolute atomic E-state index is 0.0880. The molecular formula is C23H26N4O4. The standard InChI is InChI=1S/C23H26N4O4/c1-14(4-6-28)31-17-8-20(16-5-7-30-13-16)26-21(9-17)19-12-27(3)22-11-24-23(10-18(19)22)25-15(2)29/h4,8-12,16,28H,5-7,13H2,1-3H3,(H,24,25,29)/b14-4+. The second kappa shape index (κ2) is 8.87. The Bertz CT molecular complexity index is 1150. The highest BCUT2D eigenvalue weighted by Crippen LogP contribution is 2.35. The van der Waals surface area contributed by atoms with E-state index in [1.807, 2.05) is 36.0 Å². The molecule has 8 heteroatoms. The molecule has 8 nitrogen and oxygen atoms in total. The van der Waals surface area contributed by atoms with Gasteiger partial charge in [-0.15, -0.1) is 0 Å². The molecule has 162 valence electrons. The molecule has 0 radical (unpaired) electrons. The predicted octanol–water partition coefficient (Wildman–Crippen LogP) is 3.37. The number of carbonyl (C=O) groups is 1. The summed E-state index contributed by atoms with van der Waals surface area (Å²) >= 11 is 0. The molecule has 3 aromatic heterocycles. The largest absolute Gasteiger partial charge is 0.462 e. The molecule has 1 fully saturated rings. The first-order chi connectivity index (χ1) is 14.9. The summed E-state index contributed by atoms with van der Waals surface area (Å²) < 4.78 is 13.5. The molecule has 4 rings (SSSR count). The van der Waals surface area contributed by atoms with Gasteiger partial charge < -0.3 is 24.5 Å². The van der Waals surface area contributed by atoms with Crippen LogP contribution in [0.4, 0.5) is 5.82 Å². The third-order valence-electron chi connectivity index (χ3n) is 5.28. The number of hydrogen-bond donors (Lipinski definition) is 2. The number of aryl methyl sites for hydroxylation is 1. The lowest BCUT2D eigenvalue weighted by molar-refractivity contribution is -0.114. The third kappa shape index (κ3) is 4.60. The number of anilines is 1. The van der Waals surface area contributed by atoms with Gasteiger partial charge in [-0.25, -0.2) is 4.98 Å². The zero-order valence-corrected chi connectivity index (χ0v) is 17.9. The van der Waals surface area contributed by atoms with Crippen LogP contribution in [0.5, 0.6) is 5.75 Å². The number of hydrogen-bond acceptors (Lipinski definition) is 6. The molecule has 0 saturated carbocycles. The van der Waals surface area contributed by atoms with Crippen molar-refractivity contribution in [2.75, 3.05) is 25.1 Å². The first kappa shape index (κ1) is 21.0. The lowest BCUT2D eigenvalue weighted by Gasteiger charge is -2.13. The average Bonchev–Trinajstić information content (AvgIpc) is 3.36. The molecule has 1 aliphatic rings. The second-order valence-electron chi connectivity index (χ2n) is 7.69. The van der Waals surface area contributed by atoms with Crippen molar-refractivity contribution in [3.63, 3.8) is 0 Å². The van der Waals surface area contributed by atoms with Gasteiger partial charge in [-0.05, 0) is 25.5 Å². The highest BCUT2D eigenvalue weighted by atomic mass is 16.5. The number of aliphatic hydroxyl groups is 1. The Kier molecular flexibility index (Phi) is 6.01. The summed E-state index contributed by atoms with van der Waals surface area (Å²) in [7, 11) is 1.95. The number of nitrogens with zero attached hydrogens (tertiary/aromatic N) is 3. The van der Waals surface area contributed by atoms with Gasteiger partial charge in [-0.2, -0.15) is 0 Å². The summed E-state index contributed by atoms with van der Waals surface area (Å²) in [5, 5.41) is 12.8. The van der Waals surface area contributed by atoms with Crippen molar-refractivity contribution in [1.82, 2.24) is 14.5 Å². The number of aliphatic hydroxyl groups excluding tert-OH is 1. The molecule has 1 amide bonds. The van der Waals surface area contributed by atoms with Crippen LogP contribution in [-0.4, -0.2) is 45.4 Å². The molecule has 0 aromatic carbocycles. The van der Waals surface area contributed by atoms with Gasteiger partial charge in [-0.1, -0.05) is 0 Å². The average molecular weight is 422 g/mol. The summed E-state index contributed by atoms with van der Waals surface area (Å²) in [5.41, 5.74) is 3.52. The van der Waals surface area contributed by atoms with Crippen molar-refractivity contribution in [2.45, 2.75) is 26.2 Å². The van der Waals surface area contributed by atoms with E-state index in [1.54, 1.807) is 19.2 Å². The van der Waals surface area contributed by atoms with Crippen molar-refractivity contribution in [1.29, 1.82) is 0 Å². The normalized spacial score (nSPS) is 16.6. The van der Waals surface area contributed by atoms with Crippen LogP contribution < -0.4 is 10.1 Å². The number of carbonyl (C=O) groups excluding carboxylic acids is 1. The van der Waals surface area contributed by atoms with Crippen LogP contribution in [0, 0.1) is 0 Å². The maximum absolute atomic E-state index is 11.5. The van der Waals surface area contributed by atoms with E-state index in [1.165, 1.54) is 6.92 Å². The minimum atomic E-state index is -0.174. The Hall–Kier alpha value is -3.23. The predicted molar refractivity (Wildman–Crippen MR) is 118 cm³/mol. The minimum Gasteiger partial charge on any atom is -0.462 e. The van der Waals surface area contributed by atoms with E-state index in [-0.39, 0.29) is 18.4 Å². The monoisotopic (exact) mass is 422 g/mol. The van der Waals surface area contributed by atoms with Crippen LogP contribution in [0.1, 0.15) is 31.9 Å². The van der Waals surface area contributed by atoms with Crippen molar-refractivity contribution in [3.05, 3.63) is 48.1 Å². The Morgan fingerprint density at radius 3 is 2.94 bits per heavy atom. The van der Waals surface area contributed by atoms with Crippen molar-refractivity contribution in [3.8, 4) is 17.0 Å². The quantitative estimate of drug-likeness (QED) is 0.591. The molecular weight excluding hydrogens is 396 g/mol. The summed E-state index contributed by atoms with van der Waals surface area (Å²) in [6.45, 7) is 4.52. The van der Waals surface area contributed by atoms with Crippen LogP contribution >= 0.6 is 0 Å². The van der Waals surface area contributed by atoms with Crippen LogP contribution in [0.15, 0.2) is 42.4 Å². The van der Waals surface area contributed by atoms with Gasteiger partial charge in [0.1, 0.15) is 11.6 Å². The molecule has 0 spiro atoms. The van der Waals surface area contributed by atoms with E-state index in [0.717, 1.165) is 40.9 Å². The molecule has 3 aromatic rings. The highest BCUT2D eigenvalue weighted by Gasteiger charge is 2.22. The summed E-state index contributed by atoms with van der Waals surface area (Å²) in [5.74, 6) is 1.79. The van der Waals surface area contributed by atoms with E-state index in [2.05, 4.69) is 10.3 Å². The van der Waals surface area contributed by atoms with E-state index in [9.17, 15) is 4.79 Å². The number of nitrogens with one attached hydrogen (secondary N) is 1. The zero-order chi connectivity index (χ0) is 22.0. The van der Waals surface area contributed by atoms with E-state index in [0.29, 0.717) is 23.9 Å². The maximum Gasteiger partial charge on any atom is 0.222 e. The van der Waals surface area contributed by atoms with Gasteiger partial charge in [0.05, 0.1) is 42.1 Å². The fourth-order valence-corrected chi connectivity index (χ4v) is 3.79. The topological polar surface area (TPSA) is 98.5 Å². The van der Waals surface area contributed by atoms with Gasteiger partial charge in [-0.3, -0.25) is 9.78 Å². The zero-order valence-electron chi connectivity index (χ0n) is 17.9. The van der Waals surface area contributed by atoms with Crippen LogP contribution in [0.25, 0.3) is 22.2 Å². The number of aromatic nitrogens is 3. The first-order valence-electron chi connectivity index (χ1n) is 10.2. The fourth-order valence-electron chi connectivity index (χ4n) is 3.79. The number of ether oxygens (including phenoxy) is 2. The Morgan fingerprint density at radius 2 is 2.23 bits per heavy atom. The molecule has 4 heterocycles. The van der Waals surface area contributed by atoms with Crippen molar-refractivity contribution >= 4 is 22.6 Å². The van der Waals surface area contributed by atoms with Crippen LogP contribution in [-0.2, 0) is 16.6 Å². The molecule has 1 aliphatic heterocycles. The smallest absolute Gasteiger partial charge is 0.222 e. The number of pyridine rings is 2. The lowest BCUT2D eigenvalue weighted by Crippen LogP contribution is -2.07. The van der Waals surface area contributed by atoms with Gasteiger partial charge in [0.2, 0.25) is 5.91 Å². The van der Waals surface area contributed by atoms with E-state index >= 15 is 0 Å². The van der Waals surface area contributed by atoms with E-state index < -0.39 is 0 Å². The van der Waals surface area contributed by atoms with Gasteiger partial charge in [0.25, 0.3) is 0 Å². The molecule has 1 atom stereocenters. The number of rotatable bonds is 6. The van der Waals surface area contributed by atoms with Crippen molar-refractivity contribution < 1.29 is 19.4 Å². The van der Waals surface area contributed by atoms with Gasteiger partial charge in [0, 0.05) is 55.8 Å². The highest BCUT2D eigenvalue weighted by molar-refractivity contribution is 5.98. The first-order valence-corrected chi connectivity index (χ1v) is 10.2. The Labute approximate surface area is 180 Å². The molecule has 2 N–H and O–H groups in total. The maximum atomic E-state index is 11.5. The van der Waals surface area contributed by atoms with Crippen molar-refractivity contribution in [2.24, 2.45) is 7.05 Å². The molecule has 1 saturated heterocycles.